The van der Waals surface area contributed by atoms with Crippen LogP contribution in [-0.2, 0) is 0 Å². The van der Waals surface area contributed by atoms with Crippen molar-refractivity contribution in [3.8, 4) is 0 Å². The SMILES string of the molecule is O=C(NC(CO)c1ccccc1)c1ccc(C(=O)NC(CO)c2ccccc2)cc1. The lowest BCUT2D eigenvalue weighted by molar-refractivity contribution is 0.0905. The lowest BCUT2D eigenvalue weighted by Crippen LogP contribution is -2.31. The van der Waals surface area contributed by atoms with Crippen LogP contribution >= 0.6 is 0 Å². The van der Waals surface area contributed by atoms with Gasteiger partial charge in [-0.1, -0.05) is 60.7 Å². The number of benzene rings is 3. The summed E-state index contributed by atoms with van der Waals surface area (Å²) < 4.78 is 0. The molecule has 6 heteroatoms. The van der Waals surface area contributed by atoms with Gasteiger partial charge >= 0.3 is 0 Å². The fourth-order valence-corrected chi connectivity index (χ4v) is 3.10. The number of nitrogens with one attached hydrogen (secondary N) is 2. The lowest BCUT2D eigenvalue weighted by atomic mass is 10.1. The van der Waals surface area contributed by atoms with Gasteiger partial charge in [-0.2, -0.15) is 0 Å². The number of rotatable bonds is 8. The average Bonchev–Trinajstić information content (AvgIpc) is 2.81. The van der Waals surface area contributed by atoms with Gasteiger partial charge in [-0.3, -0.25) is 9.59 Å². The Balaban J connectivity index is 1.65. The van der Waals surface area contributed by atoms with E-state index >= 15 is 0 Å². The van der Waals surface area contributed by atoms with E-state index in [1.807, 2.05) is 60.7 Å². The molecule has 2 amide bonds. The maximum Gasteiger partial charge on any atom is 0.251 e. The number of aliphatic hydroxyl groups excluding tert-OH is 2. The van der Waals surface area contributed by atoms with E-state index in [2.05, 4.69) is 10.6 Å². The van der Waals surface area contributed by atoms with Crippen molar-refractivity contribution in [3.05, 3.63) is 107 Å². The summed E-state index contributed by atoms with van der Waals surface area (Å²) in [4.78, 5) is 25.0. The molecule has 4 N–H and O–H groups in total. The average molecular weight is 404 g/mol. The van der Waals surface area contributed by atoms with E-state index in [1.165, 1.54) is 0 Å². The van der Waals surface area contributed by atoms with E-state index in [0.29, 0.717) is 11.1 Å². The van der Waals surface area contributed by atoms with Gasteiger partial charge in [0, 0.05) is 11.1 Å². The molecule has 0 saturated carbocycles. The molecule has 0 aliphatic heterocycles. The molecule has 0 saturated heterocycles. The summed E-state index contributed by atoms with van der Waals surface area (Å²) in [6.45, 7) is -0.448. The Morgan fingerprint density at radius 3 is 1.23 bits per heavy atom. The lowest BCUT2D eigenvalue weighted by Gasteiger charge is -2.18. The predicted molar refractivity (Wildman–Crippen MR) is 114 cm³/mol. The fourth-order valence-electron chi connectivity index (χ4n) is 3.10. The van der Waals surface area contributed by atoms with Crippen LogP contribution in [0.15, 0.2) is 84.9 Å². The van der Waals surface area contributed by atoms with Crippen LogP contribution in [0, 0.1) is 0 Å². The van der Waals surface area contributed by atoms with Crippen LogP contribution in [0.1, 0.15) is 43.9 Å². The normalized spacial score (nSPS) is 12.6. The minimum Gasteiger partial charge on any atom is -0.394 e. The van der Waals surface area contributed by atoms with Crippen LogP contribution in [0.3, 0.4) is 0 Å². The monoisotopic (exact) mass is 404 g/mol. The van der Waals surface area contributed by atoms with Crippen molar-refractivity contribution in [1.29, 1.82) is 0 Å². The van der Waals surface area contributed by atoms with Gasteiger partial charge in [0.1, 0.15) is 0 Å². The zero-order chi connectivity index (χ0) is 21.3. The summed E-state index contributed by atoms with van der Waals surface area (Å²) >= 11 is 0. The molecule has 6 nitrogen and oxygen atoms in total. The van der Waals surface area contributed by atoms with Gasteiger partial charge in [-0.15, -0.1) is 0 Å². The van der Waals surface area contributed by atoms with Crippen LogP contribution in [-0.4, -0.2) is 35.2 Å². The van der Waals surface area contributed by atoms with Crippen LogP contribution < -0.4 is 10.6 Å². The quantitative estimate of drug-likeness (QED) is 0.464. The Hall–Kier alpha value is -3.48. The maximum absolute atomic E-state index is 12.5. The molecule has 0 spiro atoms. The van der Waals surface area contributed by atoms with Gasteiger partial charge in [-0.25, -0.2) is 0 Å². The van der Waals surface area contributed by atoms with Gasteiger partial charge in [0.05, 0.1) is 25.3 Å². The summed E-state index contributed by atoms with van der Waals surface area (Å²) in [5.41, 5.74) is 2.37. The number of amides is 2. The van der Waals surface area contributed by atoms with Crippen molar-refractivity contribution in [2.45, 2.75) is 12.1 Å². The highest BCUT2D eigenvalue weighted by Crippen LogP contribution is 2.15. The van der Waals surface area contributed by atoms with Gasteiger partial charge < -0.3 is 20.8 Å². The van der Waals surface area contributed by atoms with Crippen LogP contribution in [0.5, 0.6) is 0 Å². The Labute approximate surface area is 175 Å². The van der Waals surface area contributed by atoms with Gasteiger partial charge in [0.15, 0.2) is 0 Å². The van der Waals surface area contributed by atoms with Crippen LogP contribution in [0.25, 0.3) is 0 Å². The van der Waals surface area contributed by atoms with Crippen molar-refractivity contribution < 1.29 is 19.8 Å². The molecule has 3 aromatic carbocycles. The van der Waals surface area contributed by atoms with Crippen molar-refractivity contribution in [2.75, 3.05) is 13.2 Å². The maximum atomic E-state index is 12.5. The third-order valence-electron chi connectivity index (χ3n) is 4.79. The summed E-state index contributed by atoms with van der Waals surface area (Å²) in [5, 5.41) is 24.8. The van der Waals surface area contributed by atoms with E-state index in [1.54, 1.807) is 24.3 Å². The number of aliphatic hydroxyl groups is 2. The number of hydrogen-bond acceptors (Lipinski definition) is 4. The molecule has 0 fully saturated rings. The molecule has 0 aliphatic rings. The van der Waals surface area contributed by atoms with Crippen molar-refractivity contribution in [2.24, 2.45) is 0 Å². The third kappa shape index (κ3) is 5.31. The molecule has 3 rings (SSSR count). The number of hydrogen-bond donors (Lipinski definition) is 4. The highest BCUT2D eigenvalue weighted by Gasteiger charge is 2.17. The predicted octanol–water partition coefficient (Wildman–Crippen LogP) is 2.61. The van der Waals surface area contributed by atoms with Gasteiger partial charge in [-0.05, 0) is 35.4 Å². The number of carbonyl (C=O) groups is 2. The largest absolute Gasteiger partial charge is 0.394 e. The molecule has 154 valence electrons. The highest BCUT2D eigenvalue weighted by molar-refractivity contribution is 5.98. The first-order valence-corrected chi connectivity index (χ1v) is 9.65. The third-order valence-corrected chi connectivity index (χ3v) is 4.79. The topological polar surface area (TPSA) is 98.7 Å². The molecular weight excluding hydrogens is 380 g/mol. The molecule has 0 aliphatic carbocycles. The Morgan fingerprint density at radius 2 is 0.933 bits per heavy atom. The van der Waals surface area contributed by atoms with Crippen LogP contribution in [0.4, 0.5) is 0 Å². The summed E-state index contributed by atoms with van der Waals surface area (Å²) in [5.74, 6) is -0.690. The first kappa shape index (κ1) is 21.2. The van der Waals surface area contributed by atoms with E-state index in [9.17, 15) is 19.8 Å². The second-order valence-electron chi connectivity index (χ2n) is 6.82. The van der Waals surface area contributed by atoms with Gasteiger partial charge in [0.2, 0.25) is 0 Å². The minimum absolute atomic E-state index is 0.224. The molecule has 3 aromatic rings. The molecule has 0 heterocycles. The molecular formula is C24H24N2O4. The van der Waals surface area contributed by atoms with Gasteiger partial charge in [0.25, 0.3) is 11.8 Å². The minimum atomic E-state index is -0.516. The fraction of sp³-hybridized carbons (Fsp3) is 0.167. The van der Waals surface area contributed by atoms with E-state index in [4.69, 9.17) is 0 Å². The first-order chi connectivity index (χ1) is 14.6. The molecule has 0 radical (unpaired) electrons. The summed E-state index contributed by atoms with van der Waals surface area (Å²) in [6, 6.07) is 23.6. The van der Waals surface area contributed by atoms with Crippen molar-refractivity contribution >= 4 is 11.8 Å². The molecule has 30 heavy (non-hydrogen) atoms. The molecule has 0 bridgehead atoms. The Morgan fingerprint density at radius 1 is 0.600 bits per heavy atom. The zero-order valence-corrected chi connectivity index (χ0v) is 16.4. The van der Waals surface area contributed by atoms with E-state index in [0.717, 1.165) is 11.1 Å². The zero-order valence-electron chi connectivity index (χ0n) is 16.4. The summed E-state index contributed by atoms with van der Waals surface area (Å²) in [6.07, 6.45) is 0. The molecule has 2 atom stereocenters. The van der Waals surface area contributed by atoms with Crippen molar-refractivity contribution in [1.82, 2.24) is 10.6 Å². The smallest absolute Gasteiger partial charge is 0.251 e. The standard InChI is InChI=1S/C24H24N2O4/c27-15-21(17-7-3-1-4-8-17)25-23(29)19-11-13-20(14-12-19)24(30)26-22(16-28)18-9-5-2-6-10-18/h1-14,21-22,27-28H,15-16H2,(H,25,29)(H,26,30). The Kier molecular flexibility index (Phi) is 7.32. The molecule has 2 unspecified atom stereocenters. The molecule has 0 aromatic heterocycles. The van der Waals surface area contributed by atoms with E-state index in [-0.39, 0.29) is 25.0 Å². The highest BCUT2D eigenvalue weighted by atomic mass is 16.3. The van der Waals surface area contributed by atoms with E-state index < -0.39 is 12.1 Å². The second-order valence-corrected chi connectivity index (χ2v) is 6.82. The summed E-state index contributed by atoms with van der Waals surface area (Å²) in [7, 11) is 0. The van der Waals surface area contributed by atoms with Crippen molar-refractivity contribution in [3.63, 3.8) is 0 Å². The van der Waals surface area contributed by atoms with Crippen LogP contribution in [0.2, 0.25) is 0 Å². The number of carbonyl (C=O) groups excluding carboxylic acids is 2. The Bertz CT molecular complexity index is 879. The second kappa shape index (κ2) is 10.3. The first-order valence-electron chi connectivity index (χ1n) is 9.65.